The first-order valence-corrected chi connectivity index (χ1v) is 6.66. The maximum absolute atomic E-state index is 10.5. The molecule has 8 heteroatoms. The van der Waals surface area contributed by atoms with Crippen LogP contribution in [0.25, 0.3) is 0 Å². The van der Waals surface area contributed by atoms with Crippen molar-refractivity contribution in [3.63, 3.8) is 0 Å². The second kappa shape index (κ2) is 6.80. The molecule has 0 bridgehead atoms. The molecule has 2 N–H and O–H groups in total. The van der Waals surface area contributed by atoms with Crippen molar-refractivity contribution >= 4 is 24.4 Å². The number of hydrogen-bond acceptors (Lipinski definition) is 5. The van der Waals surface area contributed by atoms with Crippen molar-refractivity contribution in [1.29, 1.82) is 0 Å². The van der Waals surface area contributed by atoms with Crippen molar-refractivity contribution in [2.24, 2.45) is 5.10 Å². The van der Waals surface area contributed by atoms with E-state index in [0.717, 1.165) is 11.4 Å². The summed E-state index contributed by atoms with van der Waals surface area (Å²) in [6, 6.07) is 6.96. The SMILES string of the molecule is CCc1n[nH]c(=S)n1/N=C\c1cccc(OCC(=O)O)c1. The van der Waals surface area contributed by atoms with Gasteiger partial charge in [0.05, 0.1) is 6.21 Å². The Balaban J connectivity index is 2.17. The Bertz CT molecular complexity index is 720. The maximum atomic E-state index is 10.5. The van der Waals surface area contributed by atoms with Crippen LogP contribution in [0.1, 0.15) is 18.3 Å². The summed E-state index contributed by atoms with van der Waals surface area (Å²) in [5.41, 5.74) is 0.767. The molecule has 0 atom stereocenters. The molecule has 1 aromatic heterocycles. The summed E-state index contributed by atoms with van der Waals surface area (Å²) < 4.78 is 7.07. The summed E-state index contributed by atoms with van der Waals surface area (Å²) in [5.74, 6) is 0.175. The molecule has 2 rings (SSSR count). The predicted octanol–water partition coefficient (Wildman–Crippen LogP) is 1.85. The van der Waals surface area contributed by atoms with Gasteiger partial charge < -0.3 is 9.84 Å². The third kappa shape index (κ3) is 3.99. The largest absolute Gasteiger partial charge is 0.482 e. The van der Waals surface area contributed by atoms with Crippen LogP contribution in [-0.4, -0.2) is 38.8 Å². The van der Waals surface area contributed by atoms with E-state index in [4.69, 9.17) is 22.1 Å². The molecule has 21 heavy (non-hydrogen) atoms. The molecule has 7 nitrogen and oxygen atoms in total. The molecule has 0 saturated carbocycles. The van der Waals surface area contributed by atoms with Crippen LogP contribution in [0.2, 0.25) is 0 Å². The summed E-state index contributed by atoms with van der Waals surface area (Å²) in [7, 11) is 0. The zero-order chi connectivity index (χ0) is 15.2. The van der Waals surface area contributed by atoms with E-state index in [1.807, 2.05) is 13.0 Å². The first kappa shape index (κ1) is 14.9. The number of nitrogens with one attached hydrogen (secondary N) is 1. The van der Waals surface area contributed by atoms with Crippen LogP contribution in [-0.2, 0) is 11.2 Å². The monoisotopic (exact) mass is 306 g/mol. The third-order valence-corrected chi connectivity index (χ3v) is 2.84. The number of carbonyl (C=O) groups is 1. The normalized spacial score (nSPS) is 10.9. The van der Waals surface area contributed by atoms with Gasteiger partial charge >= 0.3 is 5.97 Å². The molecule has 0 unspecified atom stereocenters. The summed E-state index contributed by atoms with van der Waals surface area (Å²) >= 11 is 5.09. The lowest BCUT2D eigenvalue weighted by Gasteiger charge is -2.03. The smallest absolute Gasteiger partial charge is 0.341 e. The van der Waals surface area contributed by atoms with Crippen LogP contribution in [0.5, 0.6) is 5.75 Å². The van der Waals surface area contributed by atoms with E-state index in [1.54, 1.807) is 29.1 Å². The van der Waals surface area contributed by atoms with Gasteiger partial charge in [-0.05, 0) is 29.9 Å². The lowest BCUT2D eigenvalue weighted by atomic mass is 10.2. The first-order chi connectivity index (χ1) is 10.1. The number of aliphatic carboxylic acids is 1. The highest BCUT2D eigenvalue weighted by Gasteiger charge is 2.02. The average Bonchev–Trinajstić information content (AvgIpc) is 2.83. The molecule has 0 fully saturated rings. The Morgan fingerprint density at radius 2 is 2.43 bits per heavy atom. The topological polar surface area (TPSA) is 92.5 Å². The summed E-state index contributed by atoms with van der Waals surface area (Å²) in [6.45, 7) is 1.57. The van der Waals surface area contributed by atoms with Crippen LogP contribution in [0.3, 0.4) is 0 Å². The van der Waals surface area contributed by atoms with Gasteiger partial charge in [-0.1, -0.05) is 19.1 Å². The fraction of sp³-hybridized carbons (Fsp3) is 0.231. The molecule has 0 aliphatic carbocycles. The van der Waals surface area contributed by atoms with Crippen LogP contribution < -0.4 is 4.74 Å². The lowest BCUT2D eigenvalue weighted by Crippen LogP contribution is -2.09. The molecular formula is C13H14N4O3S. The fourth-order valence-electron chi connectivity index (χ4n) is 1.63. The quantitative estimate of drug-likeness (QED) is 0.627. The van der Waals surface area contributed by atoms with E-state index in [2.05, 4.69) is 15.3 Å². The summed E-state index contributed by atoms with van der Waals surface area (Å²) in [5, 5.41) is 19.6. The number of aryl methyl sites for hydroxylation is 1. The van der Waals surface area contributed by atoms with E-state index in [-0.39, 0.29) is 6.61 Å². The zero-order valence-electron chi connectivity index (χ0n) is 11.3. The number of aromatic amines is 1. The van der Waals surface area contributed by atoms with Crippen molar-refractivity contribution in [3.05, 3.63) is 40.4 Å². The Labute approximate surface area is 125 Å². The molecule has 1 heterocycles. The van der Waals surface area contributed by atoms with Gasteiger partial charge in [-0.25, -0.2) is 4.79 Å². The van der Waals surface area contributed by atoms with Crippen molar-refractivity contribution in [2.75, 3.05) is 6.61 Å². The Hall–Kier alpha value is -2.48. The van der Waals surface area contributed by atoms with Crippen LogP contribution in [0.15, 0.2) is 29.4 Å². The number of H-pyrrole nitrogens is 1. The number of carboxylic acid groups (broad SMARTS) is 1. The highest BCUT2D eigenvalue weighted by Crippen LogP contribution is 2.12. The lowest BCUT2D eigenvalue weighted by molar-refractivity contribution is -0.139. The number of nitrogens with zero attached hydrogens (tertiary/aromatic N) is 3. The van der Waals surface area contributed by atoms with Crippen molar-refractivity contribution in [3.8, 4) is 5.75 Å². The highest BCUT2D eigenvalue weighted by atomic mass is 32.1. The number of rotatable bonds is 6. The Morgan fingerprint density at radius 1 is 1.62 bits per heavy atom. The molecule has 0 saturated heterocycles. The minimum Gasteiger partial charge on any atom is -0.482 e. The van der Waals surface area contributed by atoms with Gasteiger partial charge in [0, 0.05) is 6.42 Å². The number of benzene rings is 1. The maximum Gasteiger partial charge on any atom is 0.341 e. The van der Waals surface area contributed by atoms with E-state index in [9.17, 15) is 4.79 Å². The van der Waals surface area contributed by atoms with Gasteiger partial charge in [-0.3, -0.25) is 5.10 Å². The molecule has 0 radical (unpaired) electrons. The minimum absolute atomic E-state index is 0.382. The van der Waals surface area contributed by atoms with Gasteiger partial charge in [-0.2, -0.15) is 14.9 Å². The van der Waals surface area contributed by atoms with Crippen LogP contribution >= 0.6 is 12.2 Å². The molecule has 0 spiro atoms. The molecule has 2 aromatic rings. The molecular weight excluding hydrogens is 292 g/mol. The molecule has 0 amide bonds. The van der Waals surface area contributed by atoms with E-state index in [0.29, 0.717) is 16.9 Å². The first-order valence-electron chi connectivity index (χ1n) is 6.25. The molecule has 0 aliphatic heterocycles. The van der Waals surface area contributed by atoms with E-state index < -0.39 is 5.97 Å². The molecule has 0 aliphatic rings. The van der Waals surface area contributed by atoms with Gasteiger partial charge in [-0.15, -0.1) is 0 Å². The van der Waals surface area contributed by atoms with Gasteiger partial charge in [0.2, 0.25) is 4.77 Å². The average molecular weight is 306 g/mol. The van der Waals surface area contributed by atoms with Gasteiger partial charge in [0.15, 0.2) is 12.4 Å². The number of aromatic nitrogens is 3. The van der Waals surface area contributed by atoms with Crippen molar-refractivity contribution < 1.29 is 14.6 Å². The number of hydrogen-bond donors (Lipinski definition) is 2. The van der Waals surface area contributed by atoms with Gasteiger partial charge in [0.25, 0.3) is 0 Å². The second-order valence-corrected chi connectivity index (χ2v) is 4.50. The highest BCUT2D eigenvalue weighted by molar-refractivity contribution is 7.71. The van der Waals surface area contributed by atoms with E-state index >= 15 is 0 Å². The summed E-state index contributed by atoms with van der Waals surface area (Å²) in [6.07, 6.45) is 2.31. The fourth-order valence-corrected chi connectivity index (χ4v) is 1.82. The van der Waals surface area contributed by atoms with E-state index in [1.165, 1.54) is 0 Å². The summed E-state index contributed by atoms with van der Waals surface area (Å²) in [4.78, 5) is 10.5. The standard InChI is InChI=1S/C13H14N4O3S/c1-2-11-15-16-13(21)17(11)14-7-9-4-3-5-10(6-9)20-8-12(18)19/h3-7H,2,8H2,1H3,(H,16,21)(H,18,19)/b14-7-. The van der Waals surface area contributed by atoms with Crippen molar-refractivity contribution in [2.45, 2.75) is 13.3 Å². The van der Waals surface area contributed by atoms with Crippen LogP contribution in [0, 0.1) is 4.77 Å². The Morgan fingerprint density at radius 3 is 3.14 bits per heavy atom. The van der Waals surface area contributed by atoms with Gasteiger partial charge in [0.1, 0.15) is 5.75 Å². The van der Waals surface area contributed by atoms with Crippen LogP contribution in [0.4, 0.5) is 0 Å². The predicted molar refractivity (Wildman–Crippen MR) is 79.4 cm³/mol. The number of carboxylic acids is 1. The zero-order valence-corrected chi connectivity index (χ0v) is 12.1. The third-order valence-electron chi connectivity index (χ3n) is 2.58. The molecule has 1 aromatic carbocycles. The number of ether oxygens (including phenoxy) is 1. The second-order valence-electron chi connectivity index (χ2n) is 4.11. The Kier molecular flexibility index (Phi) is 4.83. The van der Waals surface area contributed by atoms with Crippen molar-refractivity contribution in [1.82, 2.24) is 14.9 Å². The molecule has 110 valence electrons. The minimum atomic E-state index is -1.02.